The van der Waals surface area contributed by atoms with Crippen LogP contribution in [0, 0.1) is 0 Å². The van der Waals surface area contributed by atoms with Crippen molar-refractivity contribution in [2.24, 2.45) is 5.73 Å². The number of carbonyl (C=O) groups excluding carboxylic acids is 2. The van der Waals surface area contributed by atoms with Gasteiger partial charge in [-0.3, -0.25) is 14.8 Å². The van der Waals surface area contributed by atoms with Gasteiger partial charge in [0.1, 0.15) is 6.54 Å². The average molecular weight is 492 g/mol. The van der Waals surface area contributed by atoms with E-state index in [0.29, 0.717) is 36.2 Å². The molecule has 1 fully saturated rings. The number of carbonyl (C=O) groups is 2. The minimum absolute atomic E-state index is 0.200. The molecule has 184 valence electrons. The molecule has 2 amide bonds. The van der Waals surface area contributed by atoms with Gasteiger partial charge in [-0.2, -0.15) is 0 Å². The number of hydrogen-bond acceptors (Lipinski definition) is 5. The molecule has 7 nitrogen and oxygen atoms in total. The SMILES string of the molecule is NC(=O)[C@@H]1CCC[N+]1(Cc1ccccc1-c1cnccn1)C(=O)C1(O)c2ccccc2-c2ccccc21. The number of primary amides is 1. The van der Waals surface area contributed by atoms with Crippen LogP contribution in [0.25, 0.3) is 22.4 Å². The first kappa shape index (κ1) is 23.2. The van der Waals surface area contributed by atoms with Crippen LogP contribution in [0.5, 0.6) is 0 Å². The Balaban J connectivity index is 1.54. The fraction of sp³-hybridized carbons (Fsp3) is 0.200. The number of hydrogen-bond donors (Lipinski definition) is 2. The molecule has 37 heavy (non-hydrogen) atoms. The zero-order chi connectivity index (χ0) is 25.6. The molecule has 2 aliphatic rings. The Morgan fingerprint density at radius 3 is 2.16 bits per heavy atom. The fourth-order valence-electron chi connectivity index (χ4n) is 6.27. The molecule has 1 aliphatic carbocycles. The average Bonchev–Trinajstić information content (AvgIpc) is 3.48. The quantitative estimate of drug-likeness (QED) is 0.415. The monoisotopic (exact) mass is 491 g/mol. The van der Waals surface area contributed by atoms with E-state index < -0.39 is 23.5 Å². The molecule has 3 N–H and O–H groups in total. The van der Waals surface area contributed by atoms with Crippen LogP contribution in [0.4, 0.5) is 0 Å². The van der Waals surface area contributed by atoms with E-state index in [1.807, 2.05) is 60.7 Å². The van der Waals surface area contributed by atoms with Crippen LogP contribution >= 0.6 is 0 Å². The summed E-state index contributed by atoms with van der Waals surface area (Å²) >= 11 is 0. The molecule has 3 aromatic carbocycles. The molecule has 4 aromatic rings. The largest absolute Gasteiger partial charge is 0.369 e. The molecule has 1 aliphatic heterocycles. The predicted molar refractivity (Wildman–Crippen MR) is 138 cm³/mol. The van der Waals surface area contributed by atoms with E-state index in [1.165, 1.54) is 0 Å². The number of nitrogens with zero attached hydrogens (tertiary/aromatic N) is 3. The van der Waals surface area contributed by atoms with Crippen LogP contribution in [0.2, 0.25) is 0 Å². The molecular formula is C30H27N4O3+. The van der Waals surface area contributed by atoms with Gasteiger partial charge >= 0.3 is 5.91 Å². The lowest BCUT2D eigenvalue weighted by Crippen LogP contribution is -2.65. The lowest BCUT2D eigenvalue weighted by atomic mass is 9.87. The summed E-state index contributed by atoms with van der Waals surface area (Å²) in [6.45, 7) is 0.597. The number of quaternary nitrogens is 1. The number of benzene rings is 3. The van der Waals surface area contributed by atoms with Crippen LogP contribution in [0.1, 0.15) is 29.5 Å². The van der Waals surface area contributed by atoms with Crippen molar-refractivity contribution in [3.05, 3.63) is 108 Å². The zero-order valence-corrected chi connectivity index (χ0v) is 20.2. The van der Waals surface area contributed by atoms with Crippen LogP contribution in [0.15, 0.2) is 91.4 Å². The van der Waals surface area contributed by atoms with Gasteiger partial charge in [0.15, 0.2) is 6.04 Å². The Bertz CT molecular complexity index is 1470. The van der Waals surface area contributed by atoms with Crippen molar-refractivity contribution in [2.45, 2.75) is 31.0 Å². The Labute approximate surface area is 214 Å². The summed E-state index contributed by atoms with van der Waals surface area (Å²) in [5.74, 6) is -0.967. The standard InChI is InChI=1S/C30H26N4O3/c31-28(35)27-14-7-17-34(27,19-20-8-1-2-9-21(20)26-18-32-15-16-33-26)29(36)30(37)24-12-5-3-10-22(24)23-11-4-6-13-25(23)30/h1-6,8-13,15-16,18,27,37H,7,14,17,19H2,(H-,31,35)/p+1/t27-,34?/m0/s1. The number of aromatic nitrogens is 2. The molecule has 1 unspecified atom stereocenters. The summed E-state index contributed by atoms with van der Waals surface area (Å²) in [7, 11) is 0. The summed E-state index contributed by atoms with van der Waals surface area (Å²) in [6.07, 6.45) is 6.04. The third-order valence-corrected chi connectivity index (χ3v) is 7.91. The highest BCUT2D eigenvalue weighted by Gasteiger charge is 2.62. The Hall–Kier alpha value is -4.20. The fourth-order valence-corrected chi connectivity index (χ4v) is 6.27. The first-order valence-electron chi connectivity index (χ1n) is 12.4. The maximum Gasteiger partial charge on any atom is 0.355 e. The minimum Gasteiger partial charge on any atom is -0.369 e. The van der Waals surface area contributed by atoms with E-state index in [9.17, 15) is 14.7 Å². The number of fused-ring (bicyclic) bond motifs is 3. The van der Waals surface area contributed by atoms with Crippen LogP contribution in [0.3, 0.4) is 0 Å². The first-order chi connectivity index (χ1) is 18.0. The van der Waals surface area contributed by atoms with Crippen molar-refractivity contribution in [3.8, 4) is 22.4 Å². The number of likely N-dealkylation sites (tertiary alicyclic amines) is 1. The lowest BCUT2D eigenvalue weighted by molar-refractivity contribution is -0.873. The van der Waals surface area contributed by atoms with E-state index in [2.05, 4.69) is 9.97 Å². The maximum absolute atomic E-state index is 14.9. The molecule has 0 spiro atoms. The molecule has 0 saturated carbocycles. The van der Waals surface area contributed by atoms with Crippen molar-refractivity contribution >= 4 is 11.8 Å². The van der Waals surface area contributed by atoms with Gasteiger partial charge in [0, 0.05) is 47.5 Å². The van der Waals surface area contributed by atoms with Crippen molar-refractivity contribution < 1.29 is 19.2 Å². The van der Waals surface area contributed by atoms with E-state index in [4.69, 9.17) is 5.73 Å². The zero-order valence-electron chi connectivity index (χ0n) is 20.2. The first-order valence-corrected chi connectivity index (χ1v) is 12.4. The smallest absolute Gasteiger partial charge is 0.355 e. The molecule has 2 heterocycles. The van der Waals surface area contributed by atoms with Gasteiger partial charge in [0.2, 0.25) is 5.60 Å². The second-order valence-corrected chi connectivity index (χ2v) is 9.83. The Morgan fingerprint density at radius 2 is 1.54 bits per heavy atom. The number of rotatable bonds is 5. The van der Waals surface area contributed by atoms with Gasteiger partial charge < -0.3 is 10.8 Å². The summed E-state index contributed by atoms with van der Waals surface area (Å²) in [4.78, 5) is 36.4. The third-order valence-electron chi connectivity index (χ3n) is 7.91. The molecule has 0 radical (unpaired) electrons. The second-order valence-electron chi connectivity index (χ2n) is 9.83. The molecule has 1 saturated heterocycles. The molecule has 1 aromatic heterocycles. The summed E-state index contributed by atoms with van der Waals surface area (Å²) in [5, 5.41) is 12.4. The van der Waals surface area contributed by atoms with Gasteiger partial charge in [0.25, 0.3) is 5.91 Å². The highest BCUT2D eigenvalue weighted by Crippen LogP contribution is 2.50. The van der Waals surface area contributed by atoms with Crippen molar-refractivity contribution in [1.82, 2.24) is 9.97 Å². The number of amides is 2. The van der Waals surface area contributed by atoms with Gasteiger partial charge in [-0.1, -0.05) is 72.8 Å². The maximum atomic E-state index is 14.9. The van der Waals surface area contributed by atoms with Crippen molar-refractivity contribution in [3.63, 3.8) is 0 Å². The van der Waals surface area contributed by atoms with Gasteiger partial charge in [-0.25, -0.2) is 9.28 Å². The topological polar surface area (TPSA) is 106 Å². The predicted octanol–water partition coefficient (Wildman–Crippen LogP) is 3.55. The number of aliphatic hydroxyl groups is 1. The lowest BCUT2D eigenvalue weighted by Gasteiger charge is -2.41. The van der Waals surface area contributed by atoms with E-state index in [1.54, 1.807) is 30.7 Å². The molecular weight excluding hydrogens is 464 g/mol. The Morgan fingerprint density at radius 1 is 0.919 bits per heavy atom. The molecule has 7 heteroatoms. The van der Waals surface area contributed by atoms with Crippen LogP contribution in [-0.4, -0.2) is 44.0 Å². The van der Waals surface area contributed by atoms with Crippen molar-refractivity contribution in [2.75, 3.05) is 6.54 Å². The van der Waals surface area contributed by atoms with Gasteiger partial charge in [-0.05, 0) is 11.1 Å². The van der Waals surface area contributed by atoms with Crippen molar-refractivity contribution in [1.29, 1.82) is 0 Å². The normalized spacial score (nSPS) is 21.3. The van der Waals surface area contributed by atoms with Gasteiger partial charge in [-0.15, -0.1) is 0 Å². The van der Waals surface area contributed by atoms with Gasteiger partial charge in [0.05, 0.1) is 18.4 Å². The van der Waals surface area contributed by atoms with Crippen LogP contribution < -0.4 is 5.73 Å². The highest BCUT2D eigenvalue weighted by atomic mass is 16.3. The third kappa shape index (κ3) is 3.43. The summed E-state index contributed by atoms with van der Waals surface area (Å²) in [6, 6.07) is 21.8. The number of nitrogens with two attached hydrogens (primary N) is 1. The summed E-state index contributed by atoms with van der Waals surface area (Å²) in [5.41, 5.74) is 9.09. The summed E-state index contributed by atoms with van der Waals surface area (Å²) < 4.78 is -0.258. The molecule has 2 atom stereocenters. The molecule has 6 rings (SSSR count). The van der Waals surface area contributed by atoms with E-state index >= 15 is 0 Å². The molecule has 0 bridgehead atoms. The Kier molecular flexibility index (Phi) is 5.47. The van der Waals surface area contributed by atoms with Crippen LogP contribution in [-0.2, 0) is 21.7 Å². The van der Waals surface area contributed by atoms with E-state index in [-0.39, 0.29) is 11.0 Å². The second kappa shape index (κ2) is 8.73. The highest BCUT2D eigenvalue weighted by molar-refractivity contribution is 5.97. The van der Waals surface area contributed by atoms with E-state index in [0.717, 1.165) is 22.3 Å². The minimum atomic E-state index is -1.91.